The van der Waals surface area contributed by atoms with Crippen molar-refractivity contribution in [2.45, 2.75) is 25.1 Å². The van der Waals surface area contributed by atoms with E-state index in [2.05, 4.69) is 20.0 Å². The Morgan fingerprint density at radius 3 is 2.80 bits per heavy atom. The van der Waals surface area contributed by atoms with Crippen LogP contribution in [-0.2, 0) is 0 Å². The SMILES string of the molecule is O=C(Nc1nc2ccc(OC(F)(F)F)cc2s1)c1cnc(C2CC2)s1. The summed E-state index contributed by atoms with van der Waals surface area (Å²) in [5.74, 6) is -0.172. The lowest BCUT2D eigenvalue weighted by atomic mass is 10.3. The first-order valence-electron chi connectivity index (χ1n) is 7.31. The molecule has 0 unspecified atom stereocenters. The Morgan fingerprint density at radius 2 is 2.08 bits per heavy atom. The average molecular weight is 385 g/mol. The Labute approximate surface area is 147 Å². The average Bonchev–Trinajstić information content (AvgIpc) is 3.11. The number of nitrogens with one attached hydrogen (secondary N) is 1. The van der Waals surface area contributed by atoms with E-state index in [0.29, 0.717) is 26.1 Å². The molecule has 1 saturated carbocycles. The number of hydrogen-bond donors (Lipinski definition) is 1. The number of carbonyl (C=O) groups excluding carboxylic acids is 1. The van der Waals surface area contributed by atoms with Crippen LogP contribution < -0.4 is 10.1 Å². The highest BCUT2D eigenvalue weighted by molar-refractivity contribution is 7.22. The topological polar surface area (TPSA) is 64.1 Å². The lowest BCUT2D eigenvalue weighted by molar-refractivity contribution is -0.274. The molecule has 1 N–H and O–H groups in total. The normalized spacial score (nSPS) is 14.7. The zero-order valence-electron chi connectivity index (χ0n) is 12.5. The van der Waals surface area contributed by atoms with Crippen molar-refractivity contribution in [1.82, 2.24) is 9.97 Å². The van der Waals surface area contributed by atoms with Gasteiger partial charge in [0.1, 0.15) is 10.6 Å². The predicted molar refractivity (Wildman–Crippen MR) is 88.3 cm³/mol. The third kappa shape index (κ3) is 3.74. The standard InChI is InChI=1S/C15H10F3N3O2S2/c16-15(17,18)23-8-3-4-9-10(5-8)25-14(20-9)21-12(22)11-6-19-13(24-11)7-1-2-7/h3-7H,1-2H2,(H,20,21,22). The van der Waals surface area contributed by atoms with Crippen LogP contribution in [0.3, 0.4) is 0 Å². The second-order valence-corrected chi connectivity index (χ2v) is 7.58. The van der Waals surface area contributed by atoms with Crippen molar-refractivity contribution in [3.05, 3.63) is 34.3 Å². The number of fused-ring (bicyclic) bond motifs is 1. The lowest BCUT2D eigenvalue weighted by Crippen LogP contribution is -2.16. The Bertz CT molecular complexity index is 947. The van der Waals surface area contributed by atoms with Crippen molar-refractivity contribution in [2.75, 3.05) is 5.32 Å². The molecular formula is C15H10F3N3O2S2. The van der Waals surface area contributed by atoms with E-state index in [4.69, 9.17) is 0 Å². The zero-order chi connectivity index (χ0) is 17.6. The first kappa shape index (κ1) is 16.3. The van der Waals surface area contributed by atoms with E-state index >= 15 is 0 Å². The van der Waals surface area contributed by atoms with Crippen LogP contribution in [0, 0.1) is 0 Å². The van der Waals surface area contributed by atoms with Gasteiger partial charge in [-0.15, -0.1) is 24.5 Å². The van der Waals surface area contributed by atoms with Crippen LogP contribution in [0.5, 0.6) is 5.75 Å². The molecule has 4 rings (SSSR count). The van der Waals surface area contributed by atoms with E-state index in [1.165, 1.54) is 35.7 Å². The van der Waals surface area contributed by atoms with Crippen LogP contribution in [0.25, 0.3) is 10.2 Å². The van der Waals surface area contributed by atoms with Crippen LogP contribution >= 0.6 is 22.7 Å². The molecule has 0 aliphatic heterocycles. The molecule has 0 atom stereocenters. The quantitative estimate of drug-likeness (QED) is 0.702. The Hall–Kier alpha value is -2.20. The maximum atomic E-state index is 12.3. The molecule has 1 aliphatic rings. The van der Waals surface area contributed by atoms with Crippen molar-refractivity contribution in [3.63, 3.8) is 0 Å². The van der Waals surface area contributed by atoms with Crippen molar-refractivity contribution in [3.8, 4) is 5.75 Å². The van der Waals surface area contributed by atoms with Gasteiger partial charge in [-0.2, -0.15) is 0 Å². The fourth-order valence-corrected chi connectivity index (χ4v) is 4.10. The molecule has 1 fully saturated rings. The summed E-state index contributed by atoms with van der Waals surface area (Å²) in [6, 6.07) is 3.85. The van der Waals surface area contributed by atoms with Gasteiger partial charge in [0, 0.05) is 12.0 Å². The summed E-state index contributed by atoms with van der Waals surface area (Å²) in [4.78, 5) is 21.2. The molecule has 0 radical (unpaired) electrons. The highest BCUT2D eigenvalue weighted by atomic mass is 32.1. The largest absolute Gasteiger partial charge is 0.573 e. The number of ether oxygens (including phenoxy) is 1. The van der Waals surface area contributed by atoms with Crippen LogP contribution in [0.2, 0.25) is 0 Å². The van der Waals surface area contributed by atoms with Crippen LogP contribution in [0.15, 0.2) is 24.4 Å². The minimum absolute atomic E-state index is 0.311. The van der Waals surface area contributed by atoms with E-state index in [1.807, 2.05) is 0 Å². The third-order valence-corrected chi connectivity index (χ3v) is 5.58. The number of anilines is 1. The number of halogens is 3. The van der Waals surface area contributed by atoms with Gasteiger partial charge in [0.15, 0.2) is 5.13 Å². The molecular weight excluding hydrogens is 375 g/mol. The van der Waals surface area contributed by atoms with Gasteiger partial charge in [-0.1, -0.05) is 11.3 Å². The minimum Gasteiger partial charge on any atom is -0.406 e. The molecule has 0 saturated heterocycles. The molecule has 3 aromatic rings. The Balaban J connectivity index is 1.51. The molecule has 1 amide bonds. The van der Waals surface area contributed by atoms with E-state index < -0.39 is 6.36 Å². The maximum Gasteiger partial charge on any atom is 0.573 e. The molecule has 5 nitrogen and oxygen atoms in total. The fraction of sp³-hybridized carbons (Fsp3) is 0.267. The number of carbonyl (C=O) groups is 1. The Morgan fingerprint density at radius 1 is 1.28 bits per heavy atom. The van der Waals surface area contributed by atoms with Gasteiger partial charge in [-0.3, -0.25) is 10.1 Å². The van der Waals surface area contributed by atoms with Crippen LogP contribution in [-0.4, -0.2) is 22.2 Å². The zero-order valence-corrected chi connectivity index (χ0v) is 14.1. The number of nitrogens with zero attached hydrogens (tertiary/aromatic N) is 2. The van der Waals surface area contributed by atoms with Gasteiger partial charge in [0.05, 0.1) is 21.4 Å². The second kappa shape index (κ2) is 5.95. The first-order chi connectivity index (χ1) is 11.9. The van der Waals surface area contributed by atoms with Gasteiger partial charge < -0.3 is 4.74 Å². The van der Waals surface area contributed by atoms with E-state index in [0.717, 1.165) is 29.2 Å². The number of benzene rings is 1. The van der Waals surface area contributed by atoms with Gasteiger partial charge in [-0.05, 0) is 25.0 Å². The summed E-state index contributed by atoms with van der Waals surface area (Å²) in [5, 5.41) is 3.94. The third-order valence-electron chi connectivity index (χ3n) is 3.49. The molecule has 1 aromatic carbocycles. The molecule has 0 spiro atoms. The van der Waals surface area contributed by atoms with E-state index in [1.54, 1.807) is 0 Å². The monoisotopic (exact) mass is 385 g/mol. The molecule has 0 bridgehead atoms. The van der Waals surface area contributed by atoms with E-state index in [9.17, 15) is 18.0 Å². The number of rotatable bonds is 4. The Kier molecular flexibility index (Phi) is 3.88. The lowest BCUT2D eigenvalue weighted by Gasteiger charge is -2.07. The number of amides is 1. The number of alkyl halides is 3. The van der Waals surface area contributed by atoms with Gasteiger partial charge in [0.25, 0.3) is 5.91 Å². The molecule has 130 valence electrons. The molecule has 25 heavy (non-hydrogen) atoms. The highest BCUT2D eigenvalue weighted by Crippen LogP contribution is 2.42. The second-order valence-electron chi connectivity index (χ2n) is 5.49. The minimum atomic E-state index is -4.75. The van der Waals surface area contributed by atoms with Crippen molar-refractivity contribution < 1.29 is 22.7 Å². The highest BCUT2D eigenvalue weighted by Gasteiger charge is 2.31. The molecule has 2 heterocycles. The summed E-state index contributed by atoms with van der Waals surface area (Å²) in [7, 11) is 0. The summed E-state index contributed by atoms with van der Waals surface area (Å²) < 4.78 is 41.2. The summed E-state index contributed by atoms with van der Waals surface area (Å²) in [6.45, 7) is 0. The number of thiazole rings is 2. The maximum absolute atomic E-state index is 12.3. The predicted octanol–water partition coefficient (Wildman–Crippen LogP) is 4.78. The molecule has 10 heteroatoms. The van der Waals surface area contributed by atoms with Crippen LogP contribution in [0.1, 0.15) is 33.4 Å². The smallest absolute Gasteiger partial charge is 0.406 e. The number of hydrogen-bond acceptors (Lipinski definition) is 6. The molecule has 1 aliphatic carbocycles. The van der Waals surface area contributed by atoms with Crippen molar-refractivity contribution in [2.24, 2.45) is 0 Å². The van der Waals surface area contributed by atoms with E-state index in [-0.39, 0.29) is 11.7 Å². The fourth-order valence-electron chi connectivity index (χ4n) is 2.23. The summed E-state index contributed by atoms with van der Waals surface area (Å²) in [5.41, 5.74) is 0.484. The van der Waals surface area contributed by atoms with Gasteiger partial charge in [0.2, 0.25) is 0 Å². The van der Waals surface area contributed by atoms with Gasteiger partial charge >= 0.3 is 6.36 Å². The van der Waals surface area contributed by atoms with Gasteiger partial charge in [-0.25, -0.2) is 9.97 Å². The first-order valence-corrected chi connectivity index (χ1v) is 8.94. The van der Waals surface area contributed by atoms with Crippen molar-refractivity contribution >= 4 is 43.9 Å². The number of aromatic nitrogens is 2. The summed E-state index contributed by atoms with van der Waals surface area (Å²) >= 11 is 2.43. The van der Waals surface area contributed by atoms with Crippen molar-refractivity contribution in [1.29, 1.82) is 0 Å². The molecule has 2 aromatic heterocycles. The van der Waals surface area contributed by atoms with Crippen LogP contribution in [0.4, 0.5) is 18.3 Å². The summed E-state index contributed by atoms with van der Waals surface area (Å²) in [6.07, 6.45) is -0.999.